The first-order valence-electron chi connectivity index (χ1n) is 7.37. The molecule has 0 bridgehead atoms. The SMILES string of the molecule is COc1ccc(C(=O)OCC(=O)Nc2cc(Cl)ccc2C#N)c(OC)c1. The van der Waals surface area contributed by atoms with Crippen molar-refractivity contribution in [1.82, 2.24) is 0 Å². The molecule has 0 atom stereocenters. The standard InChI is InChI=1S/C18H15ClN2O5/c1-24-13-5-6-14(16(8-13)25-2)18(23)26-10-17(22)21-15-7-12(19)4-3-11(15)9-20/h3-8H,10H2,1-2H3,(H,21,22). The summed E-state index contributed by atoms with van der Waals surface area (Å²) >= 11 is 5.85. The number of carbonyl (C=O) groups excluding carboxylic acids is 2. The zero-order valence-electron chi connectivity index (χ0n) is 14.0. The van der Waals surface area contributed by atoms with E-state index in [4.69, 9.17) is 31.1 Å². The first-order valence-corrected chi connectivity index (χ1v) is 7.75. The number of hydrogen-bond donors (Lipinski definition) is 1. The van der Waals surface area contributed by atoms with Gasteiger partial charge >= 0.3 is 5.97 Å². The second-order valence-electron chi connectivity index (χ2n) is 4.99. The lowest BCUT2D eigenvalue weighted by atomic mass is 10.2. The smallest absolute Gasteiger partial charge is 0.342 e. The zero-order valence-corrected chi connectivity index (χ0v) is 14.8. The van der Waals surface area contributed by atoms with E-state index < -0.39 is 18.5 Å². The molecule has 7 nitrogen and oxygen atoms in total. The minimum Gasteiger partial charge on any atom is -0.497 e. The fourth-order valence-corrected chi connectivity index (χ4v) is 2.25. The highest BCUT2D eigenvalue weighted by molar-refractivity contribution is 6.31. The highest BCUT2D eigenvalue weighted by Crippen LogP contribution is 2.25. The molecule has 0 aliphatic carbocycles. The maximum atomic E-state index is 12.2. The van der Waals surface area contributed by atoms with E-state index >= 15 is 0 Å². The first-order chi connectivity index (χ1) is 12.5. The van der Waals surface area contributed by atoms with E-state index in [1.54, 1.807) is 6.07 Å². The van der Waals surface area contributed by atoms with Gasteiger partial charge in [-0.1, -0.05) is 11.6 Å². The van der Waals surface area contributed by atoms with E-state index in [0.717, 1.165) is 0 Å². The third-order valence-electron chi connectivity index (χ3n) is 3.34. The van der Waals surface area contributed by atoms with Crippen LogP contribution in [0.1, 0.15) is 15.9 Å². The van der Waals surface area contributed by atoms with Gasteiger partial charge in [-0.2, -0.15) is 5.26 Å². The Bertz CT molecular complexity index is 876. The number of amides is 1. The van der Waals surface area contributed by atoms with Gasteiger partial charge in [0, 0.05) is 11.1 Å². The quantitative estimate of drug-likeness (QED) is 0.780. The van der Waals surface area contributed by atoms with Gasteiger partial charge in [-0.25, -0.2) is 4.79 Å². The van der Waals surface area contributed by atoms with Crippen LogP contribution in [0.4, 0.5) is 5.69 Å². The molecule has 0 aliphatic rings. The van der Waals surface area contributed by atoms with Crippen LogP contribution in [-0.2, 0) is 9.53 Å². The minimum atomic E-state index is -0.730. The molecular formula is C18H15ClN2O5. The average Bonchev–Trinajstić information content (AvgIpc) is 2.65. The second-order valence-corrected chi connectivity index (χ2v) is 5.43. The third-order valence-corrected chi connectivity index (χ3v) is 3.57. The number of anilines is 1. The first kappa shape index (κ1) is 19.1. The molecule has 2 rings (SSSR count). The van der Waals surface area contributed by atoms with Gasteiger partial charge in [0.05, 0.1) is 25.5 Å². The van der Waals surface area contributed by atoms with Crippen molar-refractivity contribution in [1.29, 1.82) is 5.26 Å². The zero-order chi connectivity index (χ0) is 19.1. The Labute approximate surface area is 155 Å². The van der Waals surface area contributed by atoms with Crippen molar-refractivity contribution in [3.63, 3.8) is 0 Å². The van der Waals surface area contributed by atoms with Crippen molar-refractivity contribution in [2.24, 2.45) is 0 Å². The van der Waals surface area contributed by atoms with E-state index in [-0.39, 0.29) is 22.6 Å². The van der Waals surface area contributed by atoms with Crippen molar-refractivity contribution in [3.8, 4) is 17.6 Å². The highest BCUT2D eigenvalue weighted by Gasteiger charge is 2.17. The molecule has 1 amide bonds. The predicted molar refractivity (Wildman–Crippen MR) is 94.6 cm³/mol. The summed E-state index contributed by atoms with van der Waals surface area (Å²) in [7, 11) is 2.89. The van der Waals surface area contributed by atoms with Gasteiger partial charge in [0.1, 0.15) is 23.1 Å². The highest BCUT2D eigenvalue weighted by atomic mass is 35.5. The second kappa shape index (κ2) is 8.74. The van der Waals surface area contributed by atoms with Crippen LogP contribution in [0.3, 0.4) is 0 Å². The van der Waals surface area contributed by atoms with E-state index in [2.05, 4.69) is 5.32 Å². The van der Waals surface area contributed by atoms with Crippen LogP contribution in [0.5, 0.6) is 11.5 Å². The summed E-state index contributed by atoms with van der Waals surface area (Å²) in [4.78, 5) is 24.2. The van der Waals surface area contributed by atoms with Gasteiger partial charge in [-0.3, -0.25) is 4.79 Å². The summed E-state index contributed by atoms with van der Waals surface area (Å²) in [5, 5.41) is 11.9. The molecule has 0 unspecified atom stereocenters. The Morgan fingerprint density at radius 3 is 2.58 bits per heavy atom. The number of esters is 1. The van der Waals surface area contributed by atoms with Crippen LogP contribution in [0.2, 0.25) is 5.02 Å². The molecule has 0 aliphatic heterocycles. The van der Waals surface area contributed by atoms with Crippen molar-refractivity contribution in [3.05, 3.63) is 52.5 Å². The number of nitrogens with zero attached hydrogens (tertiary/aromatic N) is 1. The molecule has 8 heteroatoms. The summed E-state index contributed by atoms with van der Waals surface area (Å²) in [5.41, 5.74) is 0.635. The van der Waals surface area contributed by atoms with Gasteiger partial charge in [0.2, 0.25) is 0 Å². The number of methoxy groups -OCH3 is 2. The number of halogens is 1. The molecule has 0 saturated carbocycles. The van der Waals surface area contributed by atoms with Crippen molar-refractivity contribution in [2.75, 3.05) is 26.1 Å². The topological polar surface area (TPSA) is 97.6 Å². The van der Waals surface area contributed by atoms with E-state index in [9.17, 15) is 9.59 Å². The van der Waals surface area contributed by atoms with Crippen LogP contribution in [0.25, 0.3) is 0 Å². The average molecular weight is 375 g/mol. The Morgan fingerprint density at radius 2 is 1.92 bits per heavy atom. The largest absolute Gasteiger partial charge is 0.497 e. The summed E-state index contributed by atoms with van der Waals surface area (Å²) in [5.74, 6) is -0.562. The molecule has 0 aromatic heterocycles. The van der Waals surface area contributed by atoms with Crippen LogP contribution < -0.4 is 14.8 Å². The molecule has 2 aromatic rings. The minimum absolute atomic E-state index is 0.154. The van der Waals surface area contributed by atoms with Crippen LogP contribution in [-0.4, -0.2) is 32.7 Å². The Morgan fingerprint density at radius 1 is 1.15 bits per heavy atom. The maximum absolute atomic E-state index is 12.2. The van der Waals surface area contributed by atoms with Gasteiger partial charge in [-0.15, -0.1) is 0 Å². The molecule has 2 aromatic carbocycles. The number of rotatable bonds is 6. The fraction of sp³-hybridized carbons (Fsp3) is 0.167. The maximum Gasteiger partial charge on any atom is 0.342 e. The fourth-order valence-electron chi connectivity index (χ4n) is 2.08. The Kier molecular flexibility index (Phi) is 6.42. The van der Waals surface area contributed by atoms with Crippen molar-refractivity contribution < 1.29 is 23.8 Å². The molecule has 26 heavy (non-hydrogen) atoms. The molecule has 0 fully saturated rings. The van der Waals surface area contributed by atoms with Gasteiger partial charge in [-0.05, 0) is 30.3 Å². The summed E-state index contributed by atoms with van der Waals surface area (Å²) in [6.07, 6.45) is 0. The molecule has 0 radical (unpaired) electrons. The molecule has 0 heterocycles. The number of nitrogens with one attached hydrogen (secondary N) is 1. The van der Waals surface area contributed by atoms with Crippen LogP contribution in [0, 0.1) is 11.3 Å². The Hall–Kier alpha value is -3.24. The molecule has 0 saturated heterocycles. The van der Waals surface area contributed by atoms with Crippen molar-refractivity contribution in [2.45, 2.75) is 0 Å². The molecule has 0 spiro atoms. The van der Waals surface area contributed by atoms with Gasteiger partial charge < -0.3 is 19.5 Å². The van der Waals surface area contributed by atoms with Crippen LogP contribution >= 0.6 is 11.6 Å². The van der Waals surface area contributed by atoms with E-state index in [1.165, 1.54) is 44.6 Å². The van der Waals surface area contributed by atoms with E-state index in [0.29, 0.717) is 10.8 Å². The normalized spacial score (nSPS) is 9.77. The predicted octanol–water partition coefficient (Wildman–Crippen LogP) is 3.02. The lowest BCUT2D eigenvalue weighted by molar-refractivity contribution is -0.119. The Balaban J connectivity index is 2.03. The number of ether oxygens (including phenoxy) is 3. The molecular weight excluding hydrogens is 360 g/mol. The summed E-state index contributed by atoms with van der Waals surface area (Å²) < 4.78 is 15.2. The number of carbonyl (C=O) groups is 2. The van der Waals surface area contributed by atoms with Crippen molar-refractivity contribution >= 4 is 29.2 Å². The van der Waals surface area contributed by atoms with Crippen LogP contribution in [0.15, 0.2) is 36.4 Å². The molecule has 134 valence electrons. The lowest BCUT2D eigenvalue weighted by Gasteiger charge is -2.11. The summed E-state index contributed by atoms with van der Waals surface area (Å²) in [6, 6.07) is 11.0. The summed E-state index contributed by atoms with van der Waals surface area (Å²) in [6.45, 7) is -0.536. The van der Waals surface area contributed by atoms with Gasteiger partial charge in [0.15, 0.2) is 6.61 Å². The number of hydrogen-bond acceptors (Lipinski definition) is 6. The van der Waals surface area contributed by atoms with E-state index in [1.807, 2.05) is 6.07 Å². The number of benzene rings is 2. The van der Waals surface area contributed by atoms with Gasteiger partial charge in [0.25, 0.3) is 5.91 Å². The monoisotopic (exact) mass is 374 g/mol. The third kappa shape index (κ3) is 4.65. The number of nitriles is 1. The lowest BCUT2D eigenvalue weighted by Crippen LogP contribution is -2.21. The molecule has 1 N–H and O–H groups in total.